The first kappa shape index (κ1) is 12.8. The SMILES string of the molecule is Nc1c(C(=O)NCC(=O)NC2CC2)sc2nccnc12. The van der Waals surface area contributed by atoms with E-state index in [1.54, 1.807) is 6.20 Å². The number of rotatable bonds is 4. The molecule has 1 aliphatic rings. The summed E-state index contributed by atoms with van der Waals surface area (Å²) in [7, 11) is 0. The van der Waals surface area contributed by atoms with Crippen molar-refractivity contribution in [2.75, 3.05) is 12.3 Å². The fraction of sp³-hybridized carbons (Fsp3) is 0.333. The minimum atomic E-state index is -0.377. The van der Waals surface area contributed by atoms with Crippen molar-refractivity contribution < 1.29 is 9.59 Å². The molecule has 0 aliphatic heterocycles. The summed E-state index contributed by atoms with van der Waals surface area (Å²) >= 11 is 1.17. The molecule has 8 heteroatoms. The summed E-state index contributed by atoms with van der Waals surface area (Å²) in [5, 5.41) is 5.35. The van der Waals surface area contributed by atoms with Crippen molar-refractivity contribution in [1.29, 1.82) is 0 Å². The summed E-state index contributed by atoms with van der Waals surface area (Å²) in [6.45, 7) is -0.0517. The first-order valence-electron chi connectivity index (χ1n) is 6.21. The van der Waals surface area contributed by atoms with E-state index in [1.165, 1.54) is 17.5 Å². The number of nitrogens with one attached hydrogen (secondary N) is 2. The smallest absolute Gasteiger partial charge is 0.264 e. The van der Waals surface area contributed by atoms with Crippen LogP contribution in [0.4, 0.5) is 5.69 Å². The lowest BCUT2D eigenvalue weighted by Gasteiger charge is -2.05. The van der Waals surface area contributed by atoms with E-state index in [9.17, 15) is 9.59 Å². The lowest BCUT2D eigenvalue weighted by atomic mass is 10.3. The quantitative estimate of drug-likeness (QED) is 0.749. The lowest BCUT2D eigenvalue weighted by Crippen LogP contribution is -2.37. The van der Waals surface area contributed by atoms with Gasteiger partial charge in [0.2, 0.25) is 5.91 Å². The van der Waals surface area contributed by atoms with Gasteiger partial charge in [-0.3, -0.25) is 9.59 Å². The second-order valence-corrected chi connectivity index (χ2v) is 5.58. The molecule has 0 aromatic carbocycles. The molecule has 2 heterocycles. The molecule has 104 valence electrons. The summed E-state index contributed by atoms with van der Waals surface area (Å²) in [5.41, 5.74) is 6.71. The Hall–Kier alpha value is -2.22. The molecular weight excluding hydrogens is 278 g/mol. The van der Waals surface area contributed by atoms with Crippen LogP contribution < -0.4 is 16.4 Å². The zero-order valence-electron chi connectivity index (χ0n) is 10.5. The van der Waals surface area contributed by atoms with Gasteiger partial charge in [0.05, 0.1) is 12.2 Å². The number of carbonyl (C=O) groups is 2. The molecule has 2 amide bonds. The van der Waals surface area contributed by atoms with Gasteiger partial charge in [-0.05, 0) is 12.8 Å². The standard InChI is InChI=1S/C12H13N5O2S/c13-8-9-12(15-4-3-14-9)20-10(8)11(19)16-5-7(18)17-6-1-2-6/h3-4,6H,1-2,5,13H2,(H,16,19)(H,17,18). The van der Waals surface area contributed by atoms with E-state index in [4.69, 9.17) is 5.73 Å². The zero-order valence-corrected chi connectivity index (χ0v) is 11.4. The minimum absolute atomic E-state index is 0.0517. The Morgan fingerprint density at radius 3 is 2.80 bits per heavy atom. The van der Waals surface area contributed by atoms with Gasteiger partial charge in [-0.1, -0.05) is 0 Å². The molecule has 7 nitrogen and oxygen atoms in total. The fourth-order valence-electron chi connectivity index (χ4n) is 1.76. The minimum Gasteiger partial charge on any atom is -0.396 e. The highest BCUT2D eigenvalue weighted by molar-refractivity contribution is 7.21. The molecule has 0 saturated heterocycles. The van der Waals surface area contributed by atoms with Crippen molar-refractivity contribution in [2.45, 2.75) is 18.9 Å². The molecule has 4 N–H and O–H groups in total. The number of anilines is 1. The normalized spacial score (nSPS) is 14.2. The maximum Gasteiger partial charge on any atom is 0.264 e. The molecular formula is C12H13N5O2S. The number of nitrogens with zero attached hydrogens (tertiary/aromatic N) is 2. The number of nitrogen functional groups attached to an aromatic ring is 1. The summed E-state index contributed by atoms with van der Waals surface area (Å²) in [6.07, 6.45) is 5.10. The van der Waals surface area contributed by atoms with Crippen molar-refractivity contribution in [3.05, 3.63) is 17.3 Å². The van der Waals surface area contributed by atoms with Gasteiger partial charge in [-0.2, -0.15) is 0 Å². The van der Waals surface area contributed by atoms with Crippen molar-refractivity contribution in [1.82, 2.24) is 20.6 Å². The van der Waals surface area contributed by atoms with Crippen LogP contribution in [0.25, 0.3) is 10.3 Å². The number of amides is 2. The highest BCUT2D eigenvalue weighted by atomic mass is 32.1. The number of aromatic nitrogens is 2. The molecule has 0 unspecified atom stereocenters. The first-order chi connectivity index (χ1) is 9.65. The molecule has 2 aromatic heterocycles. The van der Waals surface area contributed by atoms with Crippen LogP contribution in [0.3, 0.4) is 0 Å². The van der Waals surface area contributed by atoms with Crippen LogP contribution in [0.5, 0.6) is 0 Å². The summed E-state index contributed by atoms with van der Waals surface area (Å²) in [6, 6.07) is 0.280. The van der Waals surface area contributed by atoms with Crippen molar-refractivity contribution in [3.63, 3.8) is 0 Å². The Morgan fingerprint density at radius 1 is 1.35 bits per heavy atom. The fourth-order valence-corrected chi connectivity index (χ4v) is 2.70. The van der Waals surface area contributed by atoms with Crippen LogP contribution in [-0.2, 0) is 4.79 Å². The summed E-state index contributed by atoms with van der Waals surface area (Å²) in [5.74, 6) is -0.560. The van der Waals surface area contributed by atoms with Gasteiger partial charge in [-0.15, -0.1) is 11.3 Å². The number of thiophene rings is 1. The number of fused-ring (bicyclic) bond motifs is 1. The second-order valence-electron chi connectivity index (χ2n) is 4.58. The third-order valence-electron chi connectivity index (χ3n) is 2.92. The molecule has 1 fully saturated rings. The lowest BCUT2D eigenvalue weighted by molar-refractivity contribution is -0.120. The number of hydrogen-bond donors (Lipinski definition) is 3. The predicted octanol–water partition coefficient (Wildman–Crippen LogP) is 0.282. The Labute approximate surface area is 118 Å². The average molecular weight is 291 g/mol. The second kappa shape index (κ2) is 5.04. The monoisotopic (exact) mass is 291 g/mol. The predicted molar refractivity (Wildman–Crippen MR) is 75.3 cm³/mol. The molecule has 1 saturated carbocycles. The van der Waals surface area contributed by atoms with Crippen LogP contribution in [0, 0.1) is 0 Å². The van der Waals surface area contributed by atoms with Gasteiger partial charge < -0.3 is 16.4 Å². The van der Waals surface area contributed by atoms with Crippen LogP contribution in [-0.4, -0.2) is 34.4 Å². The van der Waals surface area contributed by atoms with Gasteiger partial charge in [-0.25, -0.2) is 9.97 Å². The maximum absolute atomic E-state index is 12.0. The van der Waals surface area contributed by atoms with E-state index >= 15 is 0 Å². The van der Waals surface area contributed by atoms with E-state index in [2.05, 4.69) is 20.6 Å². The molecule has 20 heavy (non-hydrogen) atoms. The van der Waals surface area contributed by atoms with E-state index < -0.39 is 0 Å². The Morgan fingerprint density at radius 2 is 2.10 bits per heavy atom. The molecule has 0 bridgehead atoms. The Bertz CT molecular complexity index is 680. The molecule has 2 aromatic rings. The zero-order chi connectivity index (χ0) is 14.1. The molecule has 3 rings (SSSR count). The third-order valence-corrected chi connectivity index (χ3v) is 4.02. The van der Waals surface area contributed by atoms with Gasteiger partial charge in [0, 0.05) is 18.4 Å². The topological polar surface area (TPSA) is 110 Å². The van der Waals surface area contributed by atoms with Crippen molar-refractivity contribution in [2.24, 2.45) is 0 Å². The van der Waals surface area contributed by atoms with Crippen molar-refractivity contribution >= 4 is 39.2 Å². The van der Waals surface area contributed by atoms with E-state index in [0.29, 0.717) is 20.9 Å². The van der Waals surface area contributed by atoms with E-state index in [0.717, 1.165) is 12.8 Å². The van der Waals surface area contributed by atoms with Gasteiger partial charge in [0.1, 0.15) is 15.2 Å². The van der Waals surface area contributed by atoms with E-state index in [-0.39, 0.29) is 24.4 Å². The third kappa shape index (κ3) is 2.55. The largest absolute Gasteiger partial charge is 0.396 e. The van der Waals surface area contributed by atoms with E-state index in [1.807, 2.05) is 0 Å². The molecule has 0 spiro atoms. The number of nitrogens with two attached hydrogens (primary N) is 1. The summed E-state index contributed by atoms with van der Waals surface area (Å²) < 4.78 is 0. The van der Waals surface area contributed by atoms with Gasteiger partial charge >= 0.3 is 0 Å². The highest BCUT2D eigenvalue weighted by Gasteiger charge is 2.24. The van der Waals surface area contributed by atoms with Crippen LogP contribution in [0.1, 0.15) is 22.5 Å². The summed E-state index contributed by atoms with van der Waals surface area (Å²) in [4.78, 5) is 32.7. The Balaban J connectivity index is 1.68. The average Bonchev–Trinajstić information content (AvgIpc) is 3.19. The maximum atomic E-state index is 12.0. The van der Waals surface area contributed by atoms with Crippen LogP contribution >= 0.6 is 11.3 Å². The number of carbonyl (C=O) groups excluding carboxylic acids is 2. The van der Waals surface area contributed by atoms with Gasteiger partial charge in [0.15, 0.2) is 0 Å². The van der Waals surface area contributed by atoms with Crippen LogP contribution in [0.2, 0.25) is 0 Å². The van der Waals surface area contributed by atoms with Crippen molar-refractivity contribution in [3.8, 4) is 0 Å². The molecule has 1 aliphatic carbocycles. The molecule has 0 atom stereocenters. The van der Waals surface area contributed by atoms with Gasteiger partial charge in [0.25, 0.3) is 5.91 Å². The Kier molecular flexibility index (Phi) is 3.23. The molecule has 0 radical (unpaired) electrons. The first-order valence-corrected chi connectivity index (χ1v) is 7.03. The van der Waals surface area contributed by atoms with Crippen LogP contribution in [0.15, 0.2) is 12.4 Å². The number of hydrogen-bond acceptors (Lipinski definition) is 6. The highest BCUT2D eigenvalue weighted by Crippen LogP contribution is 2.30.